The van der Waals surface area contributed by atoms with Gasteiger partial charge in [0, 0.05) is 6.61 Å². The van der Waals surface area contributed by atoms with Crippen molar-refractivity contribution >= 4 is 5.97 Å². The normalized spacial score (nSPS) is 11.8. The van der Waals surface area contributed by atoms with Crippen LogP contribution in [0.1, 0.15) is 47.0 Å². The molecule has 0 aromatic carbocycles. The smallest absolute Gasteiger partial charge is 0.332 e. The second kappa shape index (κ2) is 32.0. The van der Waals surface area contributed by atoms with Gasteiger partial charge in [0.15, 0.2) is 0 Å². The zero-order chi connectivity index (χ0) is 30.1. The Morgan fingerprint density at radius 3 is 0.951 bits per heavy atom. The zero-order valence-electron chi connectivity index (χ0n) is 26.2. The van der Waals surface area contributed by atoms with E-state index < -0.39 is 5.60 Å². The number of unbranched alkanes of at least 4 members (excludes halogenated alkanes) is 2. The Bertz CT molecular complexity index is 530. The van der Waals surface area contributed by atoms with Gasteiger partial charge in [-0.2, -0.15) is 0 Å². The van der Waals surface area contributed by atoms with Crippen molar-refractivity contribution in [1.29, 1.82) is 0 Å². The van der Waals surface area contributed by atoms with Crippen molar-refractivity contribution in [2.75, 3.05) is 132 Å². The van der Waals surface area contributed by atoms with E-state index in [9.17, 15) is 4.79 Å². The first-order valence-electron chi connectivity index (χ1n) is 14.9. The molecule has 0 heterocycles. The van der Waals surface area contributed by atoms with Crippen LogP contribution in [0.3, 0.4) is 0 Å². The third-order valence-electron chi connectivity index (χ3n) is 4.88. The summed E-state index contributed by atoms with van der Waals surface area (Å²) in [5.74, 6) is -0.383. The molecule has 0 spiro atoms. The third-order valence-corrected chi connectivity index (χ3v) is 4.88. The number of ether oxygens (including phenoxy) is 11. The van der Waals surface area contributed by atoms with Crippen LogP contribution in [-0.4, -0.2) is 144 Å². The maximum atomic E-state index is 11.5. The molecule has 0 amide bonds. The maximum Gasteiger partial charge on any atom is 0.332 e. The molecular formula is C29H58O12. The minimum absolute atomic E-state index is 0.0788. The summed E-state index contributed by atoms with van der Waals surface area (Å²) in [6.07, 6.45) is 3.54. The summed E-state index contributed by atoms with van der Waals surface area (Å²) in [5, 5.41) is 0. The average Bonchev–Trinajstić information content (AvgIpc) is 2.92. The highest BCUT2D eigenvalue weighted by Crippen LogP contribution is 2.06. The van der Waals surface area contributed by atoms with Gasteiger partial charge in [-0.25, -0.2) is 4.79 Å². The van der Waals surface area contributed by atoms with Crippen molar-refractivity contribution in [3.05, 3.63) is 0 Å². The number of esters is 1. The van der Waals surface area contributed by atoms with E-state index in [0.717, 1.165) is 13.0 Å². The Hall–Kier alpha value is -0.930. The van der Waals surface area contributed by atoms with Crippen LogP contribution in [0, 0.1) is 0 Å². The lowest BCUT2D eigenvalue weighted by Gasteiger charge is -2.19. The molecular weight excluding hydrogens is 540 g/mol. The van der Waals surface area contributed by atoms with Gasteiger partial charge >= 0.3 is 5.97 Å². The molecule has 0 atom stereocenters. The van der Waals surface area contributed by atoms with Gasteiger partial charge < -0.3 is 52.1 Å². The van der Waals surface area contributed by atoms with Crippen molar-refractivity contribution in [3.63, 3.8) is 0 Å². The Kier molecular flexibility index (Phi) is 31.3. The summed E-state index contributed by atoms with van der Waals surface area (Å²) in [6.45, 7) is 17.4. The molecule has 0 bridgehead atoms. The standard InChI is InChI=1S/C29H58O12/c1-5-6-7-8-31-9-10-32-11-12-33-13-14-34-15-16-35-17-18-36-19-20-37-21-22-38-23-24-39-25-26-40-27-28(30)41-29(2,3)4/h5-27H2,1-4H3. The fourth-order valence-electron chi connectivity index (χ4n) is 2.96. The van der Waals surface area contributed by atoms with E-state index in [1.807, 2.05) is 20.8 Å². The summed E-state index contributed by atoms with van der Waals surface area (Å²) in [6, 6.07) is 0. The minimum atomic E-state index is -0.506. The van der Waals surface area contributed by atoms with Crippen LogP contribution >= 0.6 is 0 Å². The largest absolute Gasteiger partial charge is 0.458 e. The van der Waals surface area contributed by atoms with Gasteiger partial charge in [-0.05, 0) is 27.2 Å². The van der Waals surface area contributed by atoms with E-state index in [1.165, 1.54) is 12.8 Å². The second-order valence-corrected chi connectivity index (χ2v) is 9.86. The van der Waals surface area contributed by atoms with E-state index in [1.54, 1.807) is 0 Å². The van der Waals surface area contributed by atoms with Crippen LogP contribution in [0.25, 0.3) is 0 Å². The fraction of sp³-hybridized carbons (Fsp3) is 0.966. The van der Waals surface area contributed by atoms with Gasteiger partial charge in [0.05, 0.1) is 119 Å². The van der Waals surface area contributed by atoms with Crippen LogP contribution in [-0.2, 0) is 56.9 Å². The van der Waals surface area contributed by atoms with Crippen LogP contribution in [0.5, 0.6) is 0 Å². The van der Waals surface area contributed by atoms with E-state index in [4.69, 9.17) is 52.1 Å². The highest BCUT2D eigenvalue weighted by molar-refractivity contribution is 5.71. The molecule has 0 rings (SSSR count). The molecule has 0 aromatic heterocycles. The molecule has 0 fully saturated rings. The Morgan fingerprint density at radius 1 is 0.415 bits per heavy atom. The summed E-state index contributed by atoms with van der Waals surface area (Å²) in [4.78, 5) is 11.5. The lowest BCUT2D eigenvalue weighted by molar-refractivity contribution is -0.160. The molecule has 0 radical (unpaired) electrons. The van der Waals surface area contributed by atoms with Gasteiger partial charge in [0.1, 0.15) is 12.2 Å². The quantitative estimate of drug-likeness (QED) is 0.0816. The van der Waals surface area contributed by atoms with E-state index in [2.05, 4.69) is 6.92 Å². The highest BCUT2D eigenvalue weighted by atomic mass is 16.6. The van der Waals surface area contributed by atoms with E-state index in [-0.39, 0.29) is 12.6 Å². The van der Waals surface area contributed by atoms with Crippen molar-refractivity contribution < 1.29 is 56.9 Å². The summed E-state index contributed by atoms with van der Waals surface area (Å²) in [5.41, 5.74) is -0.506. The first-order chi connectivity index (χ1) is 20.0. The Labute approximate surface area is 247 Å². The SMILES string of the molecule is CCCCCOCCOCCOCCOCCOCCOCCOCCOCCOCCOCC(=O)OC(C)(C)C. The number of carbonyl (C=O) groups is 1. The predicted octanol–water partition coefficient (Wildman–Crippen LogP) is 2.68. The average molecular weight is 599 g/mol. The van der Waals surface area contributed by atoms with Crippen LogP contribution in [0.2, 0.25) is 0 Å². The molecule has 0 aliphatic rings. The molecule has 0 aliphatic heterocycles. The van der Waals surface area contributed by atoms with Crippen molar-refractivity contribution in [2.24, 2.45) is 0 Å². The molecule has 41 heavy (non-hydrogen) atoms. The van der Waals surface area contributed by atoms with Crippen LogP contribution in [0.4, 0.5) is 0 Å². The fourth-order valence-corrected chi connectivity index (χ4v) is 2.96. The summed E-state index contributed by atoms with van der Waals surface area (Å²) < 4.78 is 59.4. The molecule has 0 aliphatic carbocycles. The lowest BCUT2D eigenvalue weighted by atomic mass is 10.2. The van der Waals surface area contributed by atoms with E-state index >= 15 is 0 Å². The van der Waals surface area contributed by atoms with Gasteiger partial charge in [0.2, 0.25) is 0 Å². The maximum absolute atomic E-state index is 11.5. The van der Waals surface area contributed by atoms with Crippen molar-refractivity contribution in [1.82, 2.24) is 0 Å². The first-order valence-corrected chi connectivity index (χ1v) is 14.9. The number of rotatable bonds is 33. The Balaban J connectivity index is 3.09. The zero-order valence-corrected chi connectivity index (χ0v) is 26.2. The highest BCUT2D eigenvalue weighted by Gasteiger charge is 2.15. The summed E-state index contributed by atoms with van der Waals surface area (Å²) >= 11 is 0. The molecule has 0 unspecified atom stereocenters. The van der Waals surface area contributed by atoms with E-state index in [0.29, 0.717) is 119 Å². The van der Waals surface area contributed by atoms with Gasteiger partial charge in [-0.1, -0.05) is 19.8 Å². The van der Waals surface area contributed by atoms with Gasteiger partial charge in [-0.15, -0.1) is 0 Å². The molecule has 12 nitrogen and oxygen atoms in total. The number of carbonyl (C=O) groups excluding carboxylic acids is 1. The minimum Gasteiger partial charge on any atom is -0.458 e. The Morgan fingerprint density at radius 2 is 0.683 bits per heavy atom. The van der Waals surface area contributed by atoms with Crippen molar-refractivity contribution in [3.8, 4) is 0 Å². The number of hydrogen-bond acceptors (Lipinski definition) is 12. The molecule has 12 heteroatoms. The third kappa shape index (κ3) is 37.0. The summed E-state index contributed by atoms with van der Waals surface area (Å²) in [7, 11) is 0. The van der Waals surface area contributed by atoms with Gasteiger partial charge in [0.25, 0.3) is 0 Å². The molecule has 0 N–H and O–H groups in total. The molecule has 0 aromatic rings. The molecule has 0 saturated carbocycles. The van der Waals surface area contributed by atoms with Crippen molar-refractivity contribution in [2.45, 2.75) is 52.6 Å². The molecule has 0 saturated heterocycles. The lowest BCUT2D eigenvalue weighted by Crippen LogP contribution is -2.27. The molecule has 246 valence electrons. The first kappa shape index (κ1) is 40.1. The predicted molar refractivity (Wildman–Crippen MR) is 154 cm³/mol. The van der Waals surface area contributed by atoms with Gasteiger partial charge in [-0.3, -0.25) is 0 Å². The second-order valence-electron chi connectivity index (χ2n) is 9.86. The number of hydrogen-bond donors (Lipinski definition) is 0. The van der Waals surface area contributed by atoms with Crippen LogP contribution in [0.15, 0.2) is 0 Å². The monoisotopic (exact) mass is 598 g/mol. The van der Waals surface area contributed by atoms with Crippen LogP contribution < -0.4 is 0 Å². The topological polar surface area (TPSA) is 119 Å².